The maximum atomic E-state index is 5.66. The fourth-order valence-corrected chi connectivity index (χ4v) is 2.58. The van der Waals surface area contributed by atoms with Gasteiger partial charge in [-0.25, -0.2) is 4.98 Å². The first-order chi connectivity index (χ1) is 9.40. The molecule has 0 radical (unpaired) electrons. The first-order valence-electron chi connectivity index (χ1n) is 6.75. The Labute approximate surface area is 113 Å². The van der Waals surface area contributed by atoms with Crippen LogP contribution in [0, 0.1) is 0 Å². The monoisotopic (exact) mass is 254 g/mol. The molecule has 1 aliphatic rings. The van der Waals surface area contributed by atoms with Crippen molar-refractivity contribution in [3.05, 3.63) is 47.9 Å². The summed E-state index contributed by atoms with van der Waals surface area (Å²) < 4.78 is 0. The van der Waals surface area contributed by atoms with Gasteiger partial charge in [0, 0.05) is 18.9 Å². The minimum atomic E-state index is 0.689. The molecule has 0 spiro atoms. The van der Waals surface area contributed by atoms with Crippen molar-refractivity contribution < 1.29 is 0 Å². The number of anilines is 2. The second kappa shape index (κ2) is 5.36. The van der Waals surface area contributed by atoms with Crippen molar-refractivity contribution >= 4 is 11.5 Å². The zero-order valence-electron chi connectivity index (χ0n) is 10.9. The number of rotatable bonds is 3. The highest BCUT2D eigenvalue weighted by Gasteiger charge is 2.21. The third-order valence-electron chi connectivity index (χ3n) is 3.50. The molecule has 0 bridgehead atoms. The Kier molecular flexibility index (Phi) is 3.42. The summed E-state index contributed by atoms with van der Waals surface area (Å²) in [6.45, 7) is 1.58. The molecule has 1 aliphatic heterocycles. The average molecular weight is 254 g/mol. The first-order valence-corrected chi connectivity index (χ1v) is 6.75. The van der Waals surface area contributed by atoms with Crippen LogP contribution in [0.2, 0.25) is 0 Å². The number of aromatic nitrogens is 2. The predicted octanol–water partition coefficient (Wildman–Crippen LogP) is 2.06. The van der Waals surface area contributed by atoms with E-state index in [1.165, 1.54) is 11.3 Å². The van der Waals surface area contributed by atoms with E-state index in [2.05, 4.69) is 27.0 Å². The summed E-state index contributed by atoms with van der Waals surface area (Å²) >= 11 is 0. The van der Waals surface area contributed by atoms with Crippen molar-refractivity contribution in [2.24, 2.45) is 5.73 Å². The van der Waals surface area contributed by atoms with Crippen LogP contribution in [0.15, 0.2) is 36.7 Å². The molecule has 0 amide bonds. The Balaban J connectivity index is 2.08. The summed E-state index contributed by atoms with van der Waals surface area (Å²) in [7, 11) is 0. The smallest absolute Gasteiger partial charge is 0.136 e. The number of hydrogen-bond donors (Lipinski definition) is 1. The molecule has 3 rings (SSSR count). The SMILES string of the molecule is NCCCN1c2cccnc2CCc2cccnc21. The molecular weight excluding hydrogens is 236 g/mol. The van der Waals surface area contributed by atoms with Crippen molar-refractivity contribution in [1.82, 2.24) is 9.97 Å². The lowest BCUT2D eigenvalue weighted by Gasteiger charge is -2.24. The van der Waals surface area contributed by atoms with E-state index in [0.29, 0.717) is 6.54 Å². The minimum Gasteiger partial charge on any atom is -0.330 e. The Bertz CT molecular complexity index is 520. The van der Waals surface area contributed by atoms with Crippen LogP contribution in [-0.2, 0) is 12.8 Å². The Morgan fingerprint density at radius 1 is 1.11 bits per heavy atom. The molecule has 4 heteroatoms. The molecule has 3 heterocycles. The quantitative estimate of drug-likeness (QED) is 0.911. The van der Waals surface area contributed by atoms with Crippen LogP contribution in [0.5, 0.6) is 0 Å². The molecule has 2 N–H and O–H groups in total. The van der Waals surface area contributed by atoms with Crippen LogP contribution in [0.4, 0.5) is 11.5 Å². The lowest BCUT2D eigenvalue weighted by atomic mass is 10.1. The van der Waals surface area contributed by atoms with Crippen LogP contribution in [0.1, 0.15) is 17.7 Å². The zero-order valence-corrected chi connectivity index (χ0v) is 10.9. The number of nitrogens with zero attached hydrogens (tertiary/aromatic N) is 3. The van der Waals surface area contributed by atoms with Gasteiger partial charge < -0.3 is 10.6 Å². The van der Waals surface area contributed by atoms with Crippen LogP contribution in [-0.4, -0.2) is 23.1 Å². The summed E-state index contributed by atoms with van der Waals surface area (Å²) in [4.78, 5) is 11.4. The molecular formula is C15H18N4. The van der Waals surface area contributed by atoms with Crippen molar-refractivity contribution in [1.29, 1.82) is 0 Å². The lowest BCUT2D eigenvalue weighted by Crippen LogP contribution is -2.23. The molecule has 0 fully saturated rings. The number of aryl methyl sites for hydroxylation is 2. The molecule has 2 aromatic heterocycles. The van der Waals surface area contributed by atoms with Gasteiger partial charge in [-0.3, -0.25) is 4.98 Å². The summed E-state index contributed by atoms with van der Waals surface area (Å²) in [5, 5.41) is 0. The molecule has 4 nitrogen and oxygen atoms in total. The fraction of sp³-hybridized carbons (Fsp3) is 0.333. The largest absolute Gasteiger partial charge is 0.330 e. The van der Waals surface area contributed by atoms with E-state index in [1.807, 2.05) is 24.5 Å². The van der Waals surface area contributed by atoms with Gasteiger partial charge in [0.1, 0.15) is 5.82 Å². The zero-order chi connectivity index (χ0) is 13.1. The highest BCUT2D eigenvalue weighted by Crippen LogP contribution is 2.33. The van der Waals surface area contributed by atoms with E-state index in [1.54, 1.807) is 0 Å². The third kappa shape index (κ3) is 2.31. The molecule has 0 saturated heterocycles. The lowest BCUT2D eigenvalue weighted by molar-refractivity contribution is 0.807. The Morgan fingerprint density at radius 3 is 2.84 bits per heavy atom. The van der Waals surface area contributed by atoms with E-state index in [4.69, 9.17) is 5.73 Å². The van der Waals surface area contributed by atoms with Gasteiger partial charge >= 0.3 is 0 Å². The Morgan fingerprint density at radius 2 is 1.95 bits per heavy atom. The van der Waals surface area contributed by atoms with Gasteiger partial charge in [0.15, 0.2) is 0 Å². The number of fused-ring (bicyclic) bond motifs is 2. The molecule has 2 aromatic rings. The summed E-state index contributed by atoms with van der Waals surface area (Å²) in [5.41, 5.74) is 9.28. The van der Waals surface area contributed by atoms with E-state index in [9.17, 15) is 0 Å². The highest BCUT2D eigenvalue weighted by atomic mass is 15.2. The summed E-state index contributed by atoms with van der Waals surface area (Å²) in [5.74, 6) is 1.06. The number of nitrogens with two attached hydrogens (primary N) is 1. The minimum absolute atomic E-state index is 0.689. The molecule has 0 aliphatic carbocycles. The summed E-state index contributed by atoms with van der Waals surface area (Å²) in [6.07, 6.45) is 6.63. The van der Waals surface area contributed by atoms with Crippen LogP contribution >= 0.6 is 0 Å². The van der Waals surface area contributed by atoms with Crippen molar-refractivity contribution in [2.75, 3.05) is 18.0 Å². The molecule has 0 saturated carbocycles. The van der Waals surface area contributed by atoms with E-state index in [-0.39, 0.29) is 0 Å². The van der Waals surface area contributed by atoms with Gasteiger partial charge in [-0.05, 0) is 49.6 Å². The van der Waals surface area contributed by atoms with Crippen LogP contribution in [0.3, 0.4) is 0 Å². The van der Waals surface area contributed by atoms with Crippen LogP contribution < -0.4 is 10.6 Å². The number of pyridine rings is 2. The average Bonchev–Trinajstić information content (AvgIpc) is 2.62. The van der Waals surface area contributed by atoms with Gasteiger partial charge in [0.2, 0.25) is 0 Å². The summed E-state index contributed by atoms with van der Waals surface area (Å²) in [6, 6.07) is 8.28. The highest BCUT2D eigenvalue weighted by molar-refractivity contribution is 5.66. The molecule has 19 heavy (non-hydrogen) atoms. The van der Waals surface area contributed by atoms with Crippen molar-refractivity contribution in [3.63, 3.8) is 0 Å². The normalized spacial score (nSPS) is 13.6. The number of hydrogen-bond acceptors (Lipinski definition) is 4. The fourth-order valence-electron chi connectivity index (χ4n) is 2.58. The van der Waals surface area contributed by atoms with Gasteiger partial charge in [-0.15, -0.1) is 0 Å². The topological polar surface area (TPSA) is 55.0 Å². The predicted molar refractivity (Wildman–Crippen MR) is 76.6 cm³/mol. The second-order valence-corrected chi connectivity index (χ2v) is 4.75. The van der Waals surface area contributed by atoms with Crippen molar-refractivity contribution in [2.45, 2.75) is 19.3 Å². The maximum Gasteiger partial charge on any atom is 0.136 e. The van der Waals surface area contributed by atoms with E-state index in [0.717, 1.165) is 37.3 Å². The van der Waals surface area contributed by atoms with Gasteiger partial charge in [0.05, 0.1) is 11.4 Å². The molecule has 98 valence electrons. The van der Waals surface area contributed by atoms with Crippen molar-refractivity contribution in [3.8, 4) is 0 Å². The third-order valence-corrected chi connectivity index (χ3v) is 3.50. The first kappa shape index (κ1) is 12.1. The van der Waals surface area contributed by atoms with E-state index >= 15 is 0 Å². The maximum absolute atomic E-state index is 5.66. The Hall–Kier alpha value is -1.94. The second-order valence-electron chi connectivity index (χ2n) is 4.75. The standard InChI is InChI=1S/C15H18N4/c16-8-3-11-19-14-5-2-9-17-13(14)7-6-12-4-1-10-18-15(12)19/h1-2,4-5,9-10H,3,6-8,11,16H2. The van der Waals surface area contributed by atoms with Gasteiger partial charge in [-0.1, -0.05) is 6.07 Å². The van der Waals surface area contributed by atoms with Gasteiger partial charge in [0.25, 0.3) is 0 Å². The molecule has 0 unspecified atom stereocenters. The van der Waals surface area contributed by atoms with Gasteiger partial charge in [-0.2, -0.15) is 0 Å². The van der Waals surface area contributed by atoms with Crippen LogP contribution in [0.25, 0.3) is 0 Å². The molecule has 0 aromatic carbocycles. The van der Waals surface area contributed by atoms with E-state index < -0.39 is 0 Å². The molecule has 0 atom stereocenters.